The molecule has 0 bridgehead atoms. The number of morpholine rings is 1. The highest BCUT2D eigenvalue weighted by atomic mass is 35.5. The highest BCUT2D eigenvalue weighted by Crippen LogP contribution is 2.34. The topological polar surface area (TPSA) is 12.5 Å². The molecule has 0 unspecified atom stereocenters. The summed E-state index contributed by atoms with van der Waals surface area (Å²) in [6.45, 7) is 10.1. The number of ether oxygens (including phenoxy) is 1. The van der Waals surface area contributed by atoms with Crippen molar-refractivity contribution in [2.75, 3.05) is 18.0 Å². The Morgan fingerprint density at radius 2 is 1.74 bits per heavy atom. The molecule has 0 aromatic heterocycles. The van der Waals surface area contributed by atoms with E-state index in [1.54, 1.807) is 0 Å². The molecule has 1 saturated heterocycles. The second-order valence-corrected chi connectivity index (χ2v) is 7.09. The molecule has 1 heterocycles. The normalized spacial score (nSPS) is 21.5. The Bertz CT molecular complexity index is 455. The van der Waals surface area contributed by atoms with Crippen molar-refractivity contribution in [2.24, 2.45) is 0 Å². The van der Waals surface area contributed by atoms with Crippen molar-refractivity contribution < 1.29 is 4.74 Å². The maximum atomic E-state index is 6.13. The van der Waals surface area contributed by atoms with Crippen molar-refractivity contribution in [3.05, 3.63) is 28.8 Å². The molecule has 1 aromatic carbocycles. The van der Waals surface area contributed by atoms with E-state index in [9.17, 15) is 0 Å². The van der Waals surface area contributed by atoms with Crippen molar-refractivity contribution in [1.29, 1.82) is 0 Å². The standard InChI is InChI=1S/C15H21Cl2NO/c1-14(2)9-18(10-15(3,4)19-14)13-7-12(17)6-5-11(13)8-16/h5-7H,8-10H2,1-4H3. The quantitative estimate of drug-likeness (QED) is 0.747. The number of hydrogen-bond donors (Lipinski definition) is 0. The van der Waals surface area contributed by atoms with E-state index in [0.717, 1.165) is 29.4 Å². The van der Waals surface area contributed by atoms with Crippen LogP contribution in [0.5, 0.6) is 0 Å². The van der Waals surface area contributed by atoms with Gasteiger partial charge in [-0.15, -0.1) is 11.6 Å². The van der Waals surface area contributed by atoms with Gasteiger partial charge in [0.25, 0.3) is 0 Å². The lowest BCUT2D eigenvalue weighted by atomic mass is 9.97. The summed E-state index contributed by atoms with van der Waals surface area (Å²) < 4.78 is 6.11. The Morgan fingerprint density at radius 1 is 1.16 bits per heavy atom. The van der Waals surface area contributed by atoms with E-state index in [0.29, 0.717) is 5.88 Å². The van der Waals surface area contributed by atoms with E-state index in [4.69, 9.17) is 27.9 Å². The minimum atomic E-state index is -0.187. The van der Waals surface area contributed by atoms with Crippen molar-refractivity contribution in [1.82, 2.24) is 0 Å². The fourth-order valence-electron chi connectivity index (χ4n) is 2.90. The third-order valence-corrected chi connectivity index (χ3v) is 3.75. The van der Waals surface area contributed by atoms with Gasteiger partial charge in [-0.3, -0.25) is 0 Å². The molecule has 1 fully saturated rings. The summed E-state index contributed by atoms with van der Waals surface area (Å²) in [5.41, 5.74) is 1.85. The fraction of sp³-hybridized carbons (Fsp3) is 0.600. The Hall–Kier alpha value is -0.440. The van der Waals surface area contributed by atoms with Crippen molar-refractivity contribution in [3.63, 3.8) is 0 Å². The fourth-order valence-corrected chi connectivity index (χ4v) is 3.29. The maximum absolute atomic E-state index is 6.13. The van der Waals surface area contributed by atoms with Crippen LogP contribution in [0.4, 0.5) is 5.69 Å². The third kappa shape index (κ3) is 3.56. The summed E-state index contributed by atoms with van der Waals surface area (Å²) in [6, 6.07) is 5.89. The van der Waals surface area contributed by atoms with Gasteiger partial charge in [-0.25, -0.2) is 0 Å². The minimum Gasteiger partial charge on any atom is -0.366 e. The Morgan fingerprint density at radius 3 is 2.26 bits per heavy atom. The number of nitrogens with zero attached hydrogens (tertiary/aromatic N) is 1. The predicted octanol–water partition coefficient (Wildman–Crippen LogP) is 4.47. The Balaban J connectivity index is 2.38. The molecule has 0 aliphatic carbocycles. The average Bonchev–Trinajstić information content (AvgIpc) is 2.24. The van der Waals surface area contributed by atoms with Gasteiger partial charge in [0.2, 0.25) is 0 Å². The van der Waals surface area contributed by atoms with E-state index in [2.05, 4.69) is 32.6 Å². The first-order valence-electron chi connectivity index (χ1n) is 6.52. The second-order valence-electron chi connectivity index (χ2n) is 6.38. The maximum Gasteiger partial charge on any atom is 0.0808 e. The van der Waals surface area contributed by atoms with Crippen LogP contribution in [0.1, 0.15) is 33.3 Å². The lowest BCUT2D eigenvalue weighted by Gasteiger charge is -2.48. The molecule has 0 spiro atoms. The van der Waals surface area contributed by atoms with Gasteiger partial charge in [-0.05, 0) is 45.4 Å². The third-order valence-electron chi connectivity index (χ3n) is 3.23. The first-order valence-corrected chi connectivity index (χ1v) is 7.43. The van der Waals surface area contributed by atoms with E-state index in [-0.39, 0.29) is 11.2 Å². The van der Waals surface area contributed by atoms with Crippen LogP contribution in [-0.2, 0) is 10.6 Å². The van der Waals surface area contributed by atoms with Crippen LogP contribution in [-0.4, -0.2) is 24.3 Å². The minimum absolute atomic E-state index is 0.187. The highest BCUT2D eigenvalue weighted by molar-refractivity contribution is 6.31. The van der Waals surface area contributed by atoms with E-state index < -0.39 is 0 Å². The zero-order valence-electron chi connectivity index (χ0n) is 12.0. The molecule has 2 nitrogen and oxygen atoms in total. The summed E-state index contributed by atoms with van der Waals surface area (Å²) in [5.74, 6) is 0.491. The monoisotopic (exact) mass is 301 g/mol. The number of halogens is 2. The number of rotatable bonds is 2. The zero-order valence-corrected chi connectivity index (χ0v) is 13.5. The second kappa shape index (κ2) is 5.16. The summed E-state index contributed by atoms with van der Waals surface area (Å²) in [6.07, 6.45) is 0. The summed E-state index contributed by atoms with van der Waals surface area (Å²) in [5, 5.41) is 0.742. The van der Waals surface area contributed by atoms with Crippen LogP contribution in [0, 0.1) is 0 Å². The van der Waals surface area contributed by atoms with Crippen LogP contribution >= 0.6 is 23.2 Å². The molecule has 19 heavy (non-hydrogen) atoms. The molecule has 4 heteroatoms. The Kier molecular flexibility index (Phi) is 4.06. The first-order chi connectivity index (χ1) is 8.72. The highest BCUT2D eigenvalue weighted by Gasteiger charge is 2.38. The summed E-state index contributed by atoms with van der Waals surface area (Å²) >= 11 is 12.2. The van der Waals surface area contributed by atoms with E-state index in [1.807, 2.05) is 18.2 Å². The van der Waals surface area contributed by atoms with E-state index >= 15 is 0 Å². The molecule has 1 aliphatic heterocycles. The van der Waals surface area contributed by atoms with Gasteiger partial charge in [-0.1, -0.05) is 17.7 Å². The van der Waals surface area contributed by atoms with Gasteiger partial charge in [0.15, 0.2) is 0 Å². The van der Waals surface area contributed by atoms with Crippen molar-refractivity contribution in [3.8, 4) is 0 Å². The van der Waals surface area contributed by atoms with Crippen molar-refractivity contribution in [2.45, 2.75) is 44.8 Å². The molecular weight excluding hydrogens is 281 g/mol. The summed E-state index contributed by atoms with van der Waals surface area (Å²) in [7, 11) is 0. The largest absolute Gasteiger partial charge is 0.366 e. The SMILES string of the molecule is CC1(C)CN(c2cc(Cl)ccc2CCl)CC(C)(C)O1. The van der Waals surface area contributed by atoms with Crippen LogP contribution in [0.15, 0.2) is 18.2 Å². The van der Waals surface area contributed by atoms with Gasteiger partial charge in [-0.2, -0.15) is 0 Å². The molecule has 1 aromatic rings. The molecule has 0 amide bonds. The smallest absolute Gasteiger partial charge is 0.0808 e. The average molecular weight is 302 g/mol. The van der Waals surface area contributed by atoms with Crippen LogP contribution < -0.4 is 4.90 Å². The lowest BCUT2D eigenvalue weighted by Crippen LogP contribution is -2.57. The van der Waals surface area contributed by atoms with Gasteiger partial charge >= 0.3 is 0 Å². The number of alkyl halides is 1. The molecule has 0 N–H and O–H groups in total. The molecule has 2 rings (SSSR count). The molecule has 0 atom stereocenters. The Labute approximate surface area is 125 Å². The summed E-state index contributed by atoms with van der Waals surface area (Å²) in [4.78, 5) is 2.33. The molecule has 106 valence electrons. The number of hydrogen-bond acceptors (Lipinski definition) is 2. The van der Waals surface area contributed by atoms with Crippen LogP contribution in [0.2, 0.25) is 5.02 Å². The van der Waals surface area contributed by atoms with Gasteiger partial charge in [0.05, 0.1) is 11.2 Å². The van der Waals surface area contributed by atoms with Gasteiger partial charge < -0.3 is 9.64 Å². The molecule has 1 aliphatic rings. The lowest BCUT2D eigenvalue weighted by molar-refractivity contribution is -0.133. The number of anilines is 1. The van der Waals surface area contributed by atoms with Crippen LogP contribution in [0.3, 0.4) is 0 Å². The van der Waals surface area contributed by atoms with Crippen LogP contribution in [0.25, 0.3) is 0 Å². The molecule has 0 saturated carbocycles. The van der Waals surface area contributed by atoms with Gasteiger partial charge in [0, 0.05) is 29.7 Å². The zero-order chi connectivity index (χ0) is 14.3. The van der Waals surface area contributed by atoms with E-state index in [1.165, 1.54) is 0 Å². The van der Waals surface area contributed by atoms with Gasteiger partial charge in [0.1, 0.15) is 0 Å². The first kappa shape index (κ1) is 15.0. The predicted molar refractivity (Wildman–Crippen MR) is 82.5 cm³/mol. The molecule has 0 radical (unpaired) electrons. The number of benzene rings is 1. The van der Waals surface area contributed by atoms with Crippen molar-refractivity contribution >= 4 is 28.9 Å². The molecular formula is C15H21Cl2NO.